The molecule has 3 heterocycles. The Bertz CT molecular complexity index is 1200. The molecule has 2 amide bonds. The van der Waals surface area contributed by atoms with Crippen LogP contribution in [0.2, 0.25) is 0 Å². The molecular weight excluding hydrogens is 440 g/mol. The first-order chi connectivity index (χ1) is 16.5. The summed E-state index contributed by atoms with van der Waals surface area (Å²) in [7, 11) is 0. The van der Waals surface area contributed by atoms with Gasteiger partial charge in [0.1, 0.15) is 17.3 Å². The van der Waals surface area contributed by atoms with Crippen LogP contribution in [0.3, 0.4) is 0 Å². The number of carbonyl (C=O) groups excluding carboxylic acids is 2. The topological polar surface area (TPSA) is 61.7 Å². The fourth-order valence-corrected chi connectivity index (χ4v) is 4.52. The monoisotopic (exact) mass is 465 g/mol. The zero-order valence-corrected chi connectivity index (χ0v) is 18.7. The zero-order valence-electron chi connectivity index (χ0n) is 18.7. The first-order valence-corrected chi connectivity index (χ1v) is 11.4. The second-order valence-electron chi connectivity index (χ2n) is 8.58. The van der Waals surface area contributed by atoms with Crippen molar-refractivity contribution in [1.82, 2.24) is 19.6 Å². The third-order valence-electron chi connectivity index (χ3n) is 6.35. The van der Waals surface area contributed by atoms with E-state index in [1.54, 1.807) is 50.9 Å². The molecule has 0 atom stereocenters. The molecule has 1 fully saturated rings. The number of carbonyl (C=O) groups is 2. The Hall–Kier alpha value is -3.75. The highest BCUT2D eigenvalue weighted by Gasteiger charge is 2.29. The van der Waals surface area contributed by atoms with E-state index in [1.807, 2.05) is 4.90 Å². The Kier molecular flexibility index (Phi) is 6.00. The molecule has 0 spiro atoms. The number of amides is 2. The van der Waals surface area contributed by atoms with E-state index in [-0.39, 0.29) is 29.1 Å². The van der Waals surface area contributed by atoms with E-state index >= 15 is 0 Å². The summed E-state index contributed by atoms with van der Waals surface area (Å²) in [4.78, 5) is 31.6. The number of fused-ring (bicyclic) bond motifs is 1. The molecular formula is C25H25F2N5O2. The maximum Gasteiger partial charge on any atom is 0.274 e. The third kappa shape index (κ3) is 4.37. The lowest BCUT2D eigenvalue weighted by Crippen LogP contribution is -2.49. The van der Waals surface area contributed by atoms with Gasteiger partial charge in [0.2, 0.25) is 0 Å². The van der Waals surface area contributed by atoms with Crippen LogP contribution < -0.4 is 4.90 Å². The summed E-state index contributed by atoms with van der Waals surface area (Å²) in [6.07, 6.45) is 0.705. The molecule has 7 nitrogen and oxygen atoms in total. The molecule has 176 valence electrons. The van der Waals surface area contributed by atoms with Crippen molar-refractivity contribution in [1.29, 1.82) is 0 Å². The van der Waals surface area contributed by atoms with Crippen molar-refractivity contribution < 1.29 is 18.4 Å². The number of rotatable bonds is 4. The first kappa shape index (κ1) is 22.1. The Morgan fingerprint density at radius 1 is 0.912 bits per heavy atom. The van der Waals surface area contributed by atoms with Gasteiger partial charge in [0.15, 0.2) is 5.69 Å². The summed E-state index contributed by atoms with van der Waals surface area (Å²) in [5.41, 5.74) is 2.00. The van der Waals surface area contributed by atoms with E-state index < -0.39 is 0 Å². The van der Waals surface area contributed by atoms with Gasteiger partial charge in [-0.05, 0) is 36.2 Å². The predicted octanol–water partition coefficient (Wildman–Crippen LogP) is 3.17. The maximum atomic E-state index is 14.1. The van der Waals surface area contributed by atoms with Crippen LogP contribution in [-0.2, 0) is 13.1 Å². The van der Waals surface area contributed by atoms with Gasteiger partial charge in [-0.25, -0.2) is 8.78 Å². The van der Waals surface area contributed by atoms with Crippen LogP contribution in [0.1, 0.15) is 33.0 Å². The smallest absolute Gasteiger partial charge is 0.274 e. The average molecular weight is 466 g/mol. The molecule has 2 aliphatic heterocycles. The van der Waals surface area contributed by atoms with Gasteiger partial charge in [0.05, 0.1) is 5.69 Å². The largest absolute Gasteiger partial charge is 0.366 e. The molecule has 0 radical (unpaired) electrons. The van der Waals surface area contributed by atoms with Crippen LogP contribution in [-0.4, -0.2) is 64.1 Å². The van der Waals surface area contributed by atoms with Crippen molar-refractivity contribution in [3.05, 3.63) is 83.2 Å². The maximum absolute atomic E-state index is 14.1. The molecule has 0 N–H and O–H groups in total. The van der Waals surface area contributed by atoms with Crippen LogP contribution in [0.15, 0.2) is 54.6 Å². The van der Waals surface area contributed by atoms with Crippen LogP contribution in [0.5, 0.6) is 0 Å². The minimum absolute atomic E-state index is 0.197. The quantitative estimate of drug-likeness (QED) is 0.594. The van der Waals surface area contributed by atoms with E-state index in [0.717, 1.165) is 5.56 Å². The van der Waals surface area contributed by atoms with Gasteiger partial charge in [-0.2, -0.15) is 5.10 Å². The van der Waals surface area contributed by atoms with Crippen molar-refractivity contribution in [2.45, 2.75) is 19.5 Å². The van der Waals surface area contributed by atoms with Gasteiger partial charge in [-0.15, -0.1) is 0 Å². The van der Waals surface area contributed by atoms with E-state index in [1.165, 1.54) is 18.2 Å². The first-order valence-electron chi connectivity index (χ1n) is 11.4. The number of aryl methyl sites for hydroxylation is 1. The van der Waals surface area contributed by atoms with E-state index in [2.05, 4.69) is 5.10 Å². The molecule has 0 unspecified atom stereocenters. The molecule has 0 saturated carbocycles. The fraction of sp³-hybridized carbons (Fsp3) is 0.320. The lowest BCUT2D eigenvalue weighted by Gasteiger charge is -2.35. The molecule has 2 aliphatic rings. The molecule has 34 heavy (non-hydrogen) atoms. The molecule has 0 bridgehead atoms. The molecule has 3 aromatic rings. The lowest BCUT2D eigenvalue weighted by atomic mass is 10.2. The minimum Gasteiger partial charge on any atom is -0.366 e. The highest BCUT2D eigenvalue weighted by atomic mass is 19.1. The Morgan fingerprint density at radius 3 is 2.38 bits per heavy atom. The molecule has 2 aromatic carbocycles. The van der Waals surface area contributed by atoms with E-state index in [4.69, 9.17) is 0 Å². The number of halogens is 2. The van der Waals surface area contributed by atoms with Crippen LogP contribution in [0.25, 0.3) is 0 Å². The zero-order chi connectivity index (χ0) is 23.7. The van der Waals surface area contributed by atoms with E-state index in [9.17, 15) is 18.4 Å². The summed E-state index contributed by atoms with van der Waals surface area (Å²) in [6, 6.07) is 14.3. The highest BCUT2D eigenvalue weighted by molar-refractivity contribution is 5.98. The minimum atomic E-state index is -0.318. The Morgan fingerprint density at radius 2 is 1.65 bits per heavy atom. The lowest BCUT2D eigenvalue weighted by molar-refractivity contribution is 0.0738. The molecule has 1 aromatic heterocycles. The molecule has 9 heteroatoms. The van der Waals surface area contributed by atoms with Crippen LogP contribution in [0, 0.1) is 11.6 Å². The van der Waals surface area contributed by atoms with Gasteiger partial charge in [0.25, 0.3) is 11.8 Å². The van der Waals surface area contributed by atoms with Crippen molar-refractivity contribution in [3.8, 4) is 0 Å². The predicted molar refractivity (Wildman–Crippen MR) is 123 cm³/mol. The number of hydrogen-bond acceptors (Lipinski definition) is 4. The standard InChI is InChI=1S/C25H25F2N5O2/c26-19-8-6-18(7-9-19)17-31-10-3-11-32-23(25(31)34)16-21(28-32)24(33)30-14-12-29(13-15-30)22-5-2-1-4-20(22)27/h1-2,4-9,16H,3,10-15,17H2. The van der Waals surface area contributed by atoms with Crippen molar-refractivity contribution >= 4 is 17.5 Å². The Labute approximate surface area is 196 Å². The second kappa shape index (κ2) is 9.24. The fourth-order valence-electron chi connectivity index (χ4n) is 4.52. The van der Waals surface area contributed by atoms with Gasteiger partial charge < -0.3 is 14.7 Å². The summed E-state index contributed by atoms with van der Waals surface area (Å²) in [5.74, 6) is -1.02. The number of anilines is 1. The number of para-hydroxylation sites is 1. The van der Waals surface area contributed by atoms with Crippen molar-refractivity contribution in [2.75, 3.05) is 37.6 Å². The highest BCUT2D eigenvalue weighted by Crippen LogP contribution is 2.22. The number of nitrogens with zero attached hydrogens (tertiary/aromatic N) is 5. The second-order valence-corrected chi connectivity index (χ2v) is 8.58. The van der Waals surface area contributed by atoms with Crippen molar-refractivity contribution in [3.63, 3.8) is 0 Å². The third-order valence-corrected chi connectivity index (χ3v) is 6.35. The summed E-state index contributed by atoms with van der Waals surface area (Å²) < 4.78 is 28.9. The summed E-state index contributed by atoms with van der Waals surface area (Å²) in [5, 5.41) is 4.44. The number of benzene rings is 2. The SMILES string of the molecule is O=C(c1cc2n(n1)CCCN(Cc1ccc(F)cc1)C2=O)N1CCN(c2ccccc2F)CC1. The van der Waals surface area contributed by atoms with E-state index in [0.29, 0.717) is 63.6 Å². The van der Waals surface area contributed by atoms with Gasteiger partial charge in [-0.3, -0.25) is 14.3 Å². The molecule has 5 rings (SSSR count). The number of hydrogen-bond donors (Lipinski definition) is 0. The molecule has 1 saturated heterocycles. The molecule has 0 aliphatic carbocycles. The normalized spacial score (nSPS) is 16.4. The van der Waals surface area contributed by atoms with Gasteiger partial charge in [0, 0.05) is 51.9 Å². The average Bonchev–Trinajstić information content (AvgIpc) is 3.22. The van der Waals surface area contributed by atoms with Crippen molar-refractivity contribution in [2.24, 2.45) is 0 Å². The van der Waals surface area contributed by atoms with Gasteiger partial charge >= 0.3 is 0 Å². The Balaban J connectivity index is 1.27. The summed E-state index contributed by atoms with van der Waals surface area (Å²) in [6.45, 7) is 3.39. The van der Waals surface area contributed by atoms with Crippen LogP contribution >= 0.6 is 0 Å². The van der Waals surface area contributed by atoms with Crippen LogP contribution in [0.4, 0.5) is 14.5 Å². The number of aromatic nitrogens is 2. The summed E-state index contributed by atoms with van der Waals surface area (Å²) >= 11 is 0. The number of piperazine rings is 1. The van der Waals surface area contributed by atoms with Gasteiger partial charge in [-0.1, -0.05) is 24.3 Å².